The first-order valence-electron chi connectivity index (χ1n) is 12.9. The van der Waals surface area contributed by atoms with Crippen molar-refractivity contribution >= 4 is 40.6 Å². The lowest BCUT2D eigenvalue weighted by Gasteiger charge is -2.35. The van der Waals surface area contributed by atoms with Crippen molar-refractivity contribution in [2.24, 2.45) is 0 Å². The summed E-state index contributed by atoms with van der Waals surface area (Å²) >= 11 is 5.94. The molecule has 2 aromatic carbocycles. The van der Waals surface area contributed by atoms with Crippen LogP contribution >= 0.6 is 11.6 Å². The monoisotopic (exact) mass is 580 g/mol. The summed E-state index contributed by atoms with van der Waals surface area (Å²) in [5.74, 6) is -4.18. The number of hydrogen-bond donors (Lipinski definition) is 1. The summed E-state index contributed by atoms with van der Waals surface area (Å²) in [7, 11) is 3.30. The lowest BCUT2D eigenvalue weighted by Crippen LogP contribution is -2.45. The van der Waals surface area contributed by atoms with Crippen LogP contribution in [0.4, 0.5) is 26.0 Å². The third-order valence-electron chi connectivity index (χ3n) is 7.46. The normalized spacial score (nSPS) is 19.3. The molecule has 0 unspecified atom stereocenters. The molecule has 0 spiro atoms. The highest BCUT2D eigenvalue weighted by atomic mass is 35.5. The number of carbonyl (C=O) groups excluding carboxylic acids is 2. The highest BCUT2D eigenvalue weighted by Gasteiger charge is 2.46. The van der Waals surface area contributed by atoms with Crippen molar-refractivity contribution in [3.8, 4) is 5.75 Å². The van der Waals surface area contributed by atoms with Crippen LogP contribution in [0.25, 0.3) is 4.85 Å². The van der Waals surface area contributed by atoms with Crippen LogP contribution in [-0.4, -0.2) is 74.6 Å². The molecule has 0 aliphatic carbocycles. The first-order valence-corrected chi connectivity index (χ1v) is 13.3. The standard InChI is InChI=1S/C29H27ClF2N6O3/c1-33-26-23(37-12-10-36(2)11-13-37)8-9-34-27(26)38-16-20(24-21(31)14-19(41-3)15-22(24)32)25(29(38)40)35-28(39)17-4-6-18(30)7-5-17/h4-9,14-15,20,25H,10-13,16H2,2-3H3,(H,35,39)/t20-,25-/m0/s1. The van der Waals surface area contributed by atoms with Crippen LogP contribution in [0.15, 0.2) is 48.7 Å². The van der Waals surface area contributed by atoms with E-state index in [1.807, 2.05) is 7.05 Å². The maximum atomic E-state index is 15.3. The SMILES string of the molecule is [C-]#[N+]c1c(N2CCN(C)CC2)ccnc1N1C[C@@H](c2c(F)cc(OC)cc2F)[C@H](NC(=O)c2ccc(Cl)cc2)C1=O. The average Bonchev–Trinajstić information content (AvgIpc) is 3.27. The number of hydrogen-bond acceptors (Lipinski definition) is 6. The second-order valence-electron chi connectivity index (χ2n) is 9.92. The zero-order valence-corrected chi connectivity index (χ0v) is 23.2. The highest BCUT2D eigenvalue weighted by molar-refractivity contribution is 6.30. The van der Waals surface area contributed by atoms with Crippen LogP contribution in [0, 0.1) is 18.2 Å². The maximum Gasteiger partial charge on any atom is 0.251 e. The Morgan fingerprint density at radius 3 is 2.39 bits per heavy atom. The van der Waals surface area contributed by atoms with Crippen molar-refractivity contribution in [1.82, 2.24) is 15.2 Å². The number of aromatic nitrogens is 1. The molecular weight excluding hydrogens is 554 g/mol. The quantitative estimate of drug-likeness (QED) is 0.439. The van der Waals surface area contributed by atoms with Gasteiger partial charge in [0.1, 0.15) is 29.2 Å². The van der Waals surface area contributed by atoms with Gasteiger partial charge in [-0.05, 0) is 37.4 Å². The van der Waals surface area contributed by atoms with Crippen LogP contribution in [0.1, 0.15) is 21.8 Å². The summed E-state index contributed by atoms with van der Waals surface area (Å²) in [6.07, 6.45) is 1.51. The number of halogens is 3. The molecule has 41 heavy (non-hydrogen) atoms. The predicted octanol–water partition coefficient (Wildman–Crippen LogP) is 4.25. The minimum absolute atomic E-state index is 0.0245. The predicted molar refractivity (Wildman–Crippen MR) is 151 cm³/mol. The molecule has 1 aromatic heterocycles. The number of nitrogens with one attached hydrogen (secondary N) is 1. The van der Waals surface area contributed by atoms with E-state index in [2.05, 4.69) is 24.9 Å². The molecule has 5 rings (SSSR count). The van der Waals surface area contributed by atoms with Crippen LogP contribution in [0.2, 0.25) is 5.02 Å². The molecule has 1 N–H and O–H groups in total. The molecule has 0 radical (unpaired) electrons. The number of piperazine rings is 1. The van der Waals surface area contributed by atoms with Crippen molar-refractivity contribution in [2.45, 2.75) is 12.0 Å². The summed E-state index contributed by atoms with van der Waals surface area (Å²) in [5.41, 5.74) is 0.622. The molecule has 2 aliphatic rings. The average molecular weight is 581 g/mol. The van der Waals surface area contributed by atoms with Gasteiger partial charge >= 0.3 is 0 Å². The van der Waals surface area contributed by atoms with Crippen LogP contribution in [0.3, 0.4) is 0 Å². The zero-order valence-electron chi connectivity index (χ0n) is 22.4. The number of methoxy groups -OCH3 is 1. The number of ether oxygens (including phenoxy) is 1. The van der Waals surface area contributed by atoms with Gasteiger partial charge in [0.2, 0.25) is 5.91 Å². The zero-order chi connectivity index (χ0) is 29.3. The molecule has 2 fully saturated rings. The molecular formula is C29H27ClF2N6O3. The van der Waals surface area contributed by atoms with E-state index in [-0.39, 0.29) is 34.9 Å². The number of amides is 2. The second-order valence-corrected chi connectivity index (χ2v) is 10.4. The number of rotatable bonds is 6. The van der Waals surface area contributed by atoms with Crippen molar-refractivity contribution in [3.05, 3.63) is 87.9 Å². The van der Waals surface area contributed by atoms with Gasteiger partial charge < -0.3 is 24.8 Å². The number of carbonyl (C=O) groups is 2. The fourth-order valence-electron chi connectivity index (χ4n) is 5.24. The van der Waals surface area contributed by atoms with E-state index < -0.39 is 35.4 Å². The van der Waals surface area contributed by atoms with Gasteiger partial charge in [0.15, 0.2) is 0 Å². The Hall–Kier alpha value is -4.27. The fourth-order valence-corrected chi connectivity index (χ4v) is 5.37. The number of benzene rings is 2. The smallest absolute Gasteiger partial charge is 0.251 e. The van der Waals surface area contributed by atoms with Gasteiger partial charge in [0.25, 0.3) is 11.6 Å². The van der Waals surface area contributed by atoms with E-state index in [1.165, 1.54) is 42.5 Å². The first kappa shape index (κ1) is 28.3. The van der Waals surface area contributed by atoms with Crippen molar-refractivity contribution < 1.29 is 23.1 Å². The van der Waals surface area contributed by atoms with Gasteiger partial charge in [-0.2, -0.15) is 0 Å². The van der Waals surface area contributed by atoms with Crippen molar-refractivity contribution in [3.63, 3.8) is 0 Å². The Morgan fingerprint density at radius 2 is 1.78 bits per heavy atom. The summed E-state index contributed by atoms with van der Waals surface area (Å²) < 4.78 is 35.6. The molecule has 2 aliphatic heterocycles. The Labute approximate surface area is 241 Å². The van der Waals surface area contributed by atoms with E-state index in [0.717, 1.165) is 25.2 Å². The summed E-state index contributed by atoms with van der Waals surface area (Å²) in [6.45, 7) is 10.7. The topological polar surface area (TPSA) is 82.4 Å². The Kier molecular flexibility index (Phi) is 8.06. The molecule has 212 valence electrons. The third-order valence-corrected chi connectivity index (χ3v) is 7.71. The van der Waals surface area contributed by atoms with Gasteiger partial charge in [0, 0.05) is 78.8 Å². The van der Waals surface area contributed by atoms with E-state index in [4.69, 9.17) is 22.9 Å². The third kappa shape index (κ3) is 5.53. The minimum Gasteiger partial charge on any atom is -0.497 e. The van der Waals surface area contributed by atoms with Crippen molar-refractivity contribution in [1.29, 1.82) is 0 Å². The van der Waals surface area contributed by atoms with Gasteiger partial charge in [-0.1, -0.05) is 11.6 Å². The fraction of sp³-hybridized carbons (Fsp3) is 0.310. The summed E-state index contributed by atoms with van der Waals surface area (Å²) in [6, 6.07) is 8.45. The molecule has 9 nitrogen and oxygen atoms in total. The molecule has 12 heteroatoms. The molecule has 3 aromatic rings. The van der Waals surface area contributed by atoms with Crippen LogP contribution in [0.5, 0.6) is 5.75 Å². The molecule has 2 amide bonds. The first-order chi connectivity index (χ1) is 19.7. The molecule has 2 atom stereocenters. The van der Waals surface area contributed by atoms with Gasteiger partial charge in [-0.15, -0.1) is 0 Å². The highest BCUT2D eigenvalue weighted by Crippen LogP contribution is 2.42. The molecule has 2 saturated heterocycles. The number of pyridine rings is 1. The Balaban J connectivity index is 1.55. The van der Waals surface area contributed by atoms with Gasteiger partial charge in [-0.3, -0.25) is 14.6 Å². The van der Waals surface area contributed by atoms with Gasteiger partial charge in [-0.25, -0.2) is 13.6 Å². The Morgan fingerprint density at radius 1 is 1.12 bits per heavy atom. The van der Waals surface area contributed by atoms with E-state index in [0.29, 0.717) is 23.8 Å². The molecule has 0 saturated carbocycles. The van der Waals surface area contributed by atoms with Gasteiger partial charge in [0.05, 0.1) is 13.7 Å². The lowest BCUT2D eigenvalue weighted by molar-refractivity contribution is -0.118. The second kappa shape index (κ2) is 11.7. The number of nitrogens with zero attached hydrogens (tertiary/aromatic N) is 5. The minimum atomic E-state index is -1.34. The van der Waals surface area contributed by atoms with Crippen LogP contribution in [-0.2, 0) is 4.79 Å². The summed E-state index contributed by atoms with van der Waals surface area (Å²) in [4.78, 5) is 40.6. The Bertz CT molecular complexity index is 1500. The largest absolute Gasteiger partial charge is 0.497 e. The number of anilines is 2. The summed E-state index contributed by atoms with van der Waals surface area (Å²) in [5, 5.41) is 3.08. The van der Waals surface area contributed by atoms with Crippen LogP contribution < -0.4 is 19.9 Å². The number of likely N-dealkylation sites (N-methyl/N-ethyl adjacent to an activating group) is 1. The lowest BCUT2D eigenvalue weighted by atomic mass is 9.92. The van der Waals surface area contributed by atoms with E-state index >= 15 is 8.78 Å². The van der Waals surface area contributed by atoms with E-state index in [1.54, 1.807) is 6.07 Å². The maximum absolute atomic E-state index is 15.3. The molecule has 3 heterocycles. The molecule has 0 bridgehead atoms. The van der Waals surface area contributed by atoms with Crippen molar-refractivity contribution in [2.75, 3.05) is 56.7 Å². The van der Waals surface area contributed by atoms with E-state index in [9.17, 15) is 9.59 Å².